The molecular weight excluding hydrogens is 312 g/mol. The Balaban J connectivity index is 1.63. The number of carbonyl (C=O) groups excluding carboxylic acids is 2. The van der Waals surface area contributed by atoms with E-state index in [2.05, 4.69) is 10.3 Å². The molecule has 0 unspecified atom stereocenters. The molecule has 1 heterocycles. The number of amides is 1. The lowest BCUT2D eigenvalue weighted by molar-refractivity contribution is -0.121. The van der Waals surface area contributed by atoms with Crippen molar-refractivity contribution in [3.8, 4) is 5.75 Å². The molecule has 1 amide bonds. The Labute approximate surface area is 139 Å². The molecule has 1 aromatic heterocycles. The standard InChI is InChI=1S/C17H20N2O3S/c1-22-15-7-5-13(6-8-15)16(20)3-2-4-17(21)18-10-9-14-11-23-12-19-14/h5-8,11-12H,2-4,9-10H2,1H3,(H,18,21). The Morgan fingerprint density at radius 1 is 1.22 bits per heavy atom. The smallest absolute Gasteiger partial charge is 0.220 e. The van der Waals surface area contributed by atoms with Crippen LogP contribution in [0.3, 0.4) is 0 Å². The van der Waals surface area contributed by atoms with Gasteiger partial charge in [0.1, 0.15) is 5.75 Å². The first-order valence-electron chi connectivity index (χ1n) is 7.50. The first-order valence-corrected chi connectivity index (χ1v) is 8.44. The van der Waals surface area contributed by atoms with E-state index in [0.29, 0.717) is 31.4 Å². The minimum absolute atomic E-state index is 0.0252. The monoisotopic (exact) mass is 332 g/mol. The third-order valence-electron chi connectivity index (χ3n) is 3.41. The molecule has 5 nitrogen and oxygen atoms in total. The second-order valence-corrected chi connectivity index (χ2v) is 5.80. The number of Topliss-reactive ketones (excluding diaryl/α,β-unsaturated/α-hetero) is 1. The number of carbonyl (C=O) groups is 2. The fourth-order valence-electron chi connectivity index (χ4n) is 2.11. The van der Waals surface area contributed by atoms with Gasteiger partial charge < -0.3 is 10.1 Å². The number of methoxy groups -OCH3 is 1. The van der Waals surface area contributed by atoms with E-state index < -0.39 is 0 Å². The number of aromatic nitrogens is 1. The molecule has 0 atom stereocenters. The highest BCUT2D eigenvalue weighted by molar-refractivity contribution is 7.07. The Bertz CT molecular complexity index is 624. The van der Waals surface area contributed by atoms with Crippen molar-refractivity contribution in [1.29, 1.82) is 0 Å². The predicted octanol–water partition coefficient (Wildman–Crippen LogP) is 2.86. The summed E-state index contributed by atoms with van der Waals surface area (Å²) >= 11 is 1.55. The van der Waals surface area contributed by atoms with Gasteiger partial charge in [-0.25, -0.2) is 4.98 Å². The highest BCUT2D eigenvalue weighted by Gasteiger charge is 2.08. The maximum atomic E-state index is 12.0. The molecule has 0 aliphatic carbocycles. The molecule has 0 fully saturated rings. The average Bonchev–Trinajstić information content (AvgIpc) is 3.08. The molecule has 122 valence electrons. The summed E-state index contributed by atoms with van der Waals surface area (Å²) in [6.07, 6.45) is 2.01. The topological polar surface area (TPSA) is 68.3 Å². The number of hydrogen-bond acceptors (Lipinski definition) is 5. The lowest BCUT2D eigenvalue weighted by Gasteiger charge is -2.05. The molecule has 23 heavy (non-hydrogen) atoms. The van der Waals surface area contributed by atoms with Crippen LogP contribution in [0.1, 0.15) is 35.3 Å². The number of ether oxygens (including phenoxy) is 1. The van der Waals surface area contributed by atoms with Crippen LogP contribution in [0.25, 0.3) is 0 Å². The van der Waals surface area contributed by atoms with Crippen molar-refractivity contribution in [2.45, 2.75) is 25.7 Å². The van der Waals surface area contributed by atoms with Crippen LogP contribution in [0.2, 0.25) is 0 Å². The first kappa shape index (κ1) is 17.1. The summed E-state index contributed by atoms with van der Waals surface area (Å²) in [6.45, 7) is 0.578. The van der Waals surface area contributed by atoms with Crippen LogP contribution in [-0.2, 0) is 11.2 Å². The number of rotatable bonds is 9. The van der Waals surface area contributed by atoms with Crippen LogP contribution in [0.5, 0.6) is 5.75 Å². The fourth-order valence-corrected chi connectivity index (χ4v) is 2.70. The van der Waals surface area contributed by atoms with Crippen molar-refractivity contribution in [2.24, 2.45) is 0 Å². The van der Waals surface area contributed by atoms with Crippen molar-refractivity contribution >= 4 is 23.0 Å². The zero-order valence-corrected chi connectivity index (χ0v) is 13.9. The highest BCUT2D eigenvalue weighted by atomic mass is 32.1. The molecule has 0 aliphatic rings. The van der Waals surface area contributed by atoms with Gasteiger partial charge in [0.25, 0.3) is 0 Å². The molecule has 1 aromatic carbocycles. The minimum Gasteiger partial charge on any atom is -0.497 e. The number of hydrogen-bond donors (Lipinski definition) is 1. The number of ketones is 1. The van der Waals surface area contributed by atoms with Gasteiger partial charge in [0.15, 0.2) is 5.78 Å². The zero-order chi connectivity index (χ0) is 16.5. The average molecular weight is 332 g/mol. The first-order chi connectivity index (χ1) is 11.2. The van der Waals surface area contributed by atoms with E-state index in [1.165, 1.54) is 0 Å². The van der Waals surface area contributed by atoms with Gasteiger partial charge in [-0.2, -0.15) is 0 Å². The Morgan fingerprint density at radius 3 is 2.65 bits per heavy atom. The minimum atomic E-state index is -0.0252. The fraction of sp³-hybridized carbons (Fsp3) is 0.353. The highest BCUT2D eigenvalue weighted by Crippen LogP contribution is 2.13. The summed E-state index contributed by atoms with van der Waals surface area (Å²) in [5.41, 5.74) is 3.42. The van der Waals surface area contributed by atoms with E-state index in [1.54, 1.807) is 48.2 Å². The van der Waals surface area contributed by atoms with E-state index in [0.717, 1.165) is 17.9 Å². The van der Waals surface area contributed by atoms with Crippen LogP contribution in [0.15, 0.2) is 35.2 Å². The van der Waals surface area contributed by atoms with Crippen LogP contribution in [-0.4, -0.2) is 30.3 Å². The van der Waals surface area contributed by atoms with Crippen molar-refractivity contribution in [3.63, 3.8) is 0 Å². The number of thiazole rings is 1. The Hall–Kier alpha value is -2.21. The second kappa shape index (κ2) is 9.05. The molecule has 0 radical (unpaired) electrons. The van der Waals surface area contributed by atoms with E-state index in [4.69, 9.17) is 4.74 Å². The lowest BCUT2D eigenvalue weighted by Crippen LogP contribution is -2.25. The Morgan fingerprint density at radius 2 is 2.00 bits per heavy atom. The van der Waals surface area contributed by atoms with Gasteiger partial charge in [0.05, 0.1) is 18.3 Å². The maximum Gasteiger partial charge on any atom is 0.220 e. The van der Waals surface area contributed by atoms with Gasteiger partial charge in [-0.1, -0.05) is 0 Å². The maximum absolute atomic E-state index is 12.0. The lowest BCUT2D eigenvalue weighted by atomic mass is 10.1. The summed E-state index contributed by atoms with van der Waals surface area (Å²) in [6, 6.07) is 7.01. The number of benzene rings is 1. The van der Waals surface area contributed by atoms with Gasteiger partial charge in [0, 0.05) is 36.8 Å². The molecule has 1 N–H and O–H groups in total. The molecular formula is C17H20N2O3S. The molecule has 0 spiro atoms. The second-order valence-electron chi connectivity index (χ2n) is 5.08. The van der Waals surface area contributed by atoms with Gasteiger partial charge in [-0.15, -0.1) is 11.3 Å². The van der Waals surface area contributed by atoms with E-state index in [9.17, 15) is 9.59 Å². The molecule has 2 rings (SSSR count). The van der Waals surface area contributed by atoms with Crippen LogP contribution in [0.4, 0.5) is 0 Å². The third kappa shape index (κ3) is 5.83. The summed E-state index contributed by atoms with van der Waals surface area (Å²) in [5, 5.41) is 4.82. The van der Waals surface area contributed by atoms with Gasteiger partial charge in [0.2, 0.25) is 5.91 Å². The van der Waals surface area contributed by atoms with Gasteiger partial charge in [-0.05, 0) is 30.7 Å². The summed E-state index contributed by atoms with van der Waals surface area (Å²) in [5.74, 6) is 0.742. The van der Waals surface area contributed by atoms with E-state index in [-0.39, 0.29) is 11.7 Å². The molecule has 6 heteroatoms. The Kier molecular flexibility index (Phi) is 6.75. The SMILES string of the molecule is COc1ccc(C(=O)CCCC(=O)NCCc2cscn2)cc1. The normalized spacial score (nSPS) is 10.3. The van der Waals surface area contributed by atoms with Crippen LogP contribution < -0.4 is 10.1 Å². The predicted molar refractivity (Wildman–Crippen MR) is 90.0 cm³/mol. The van der Waals surface area contributed by atoms with Crippen molar-refractivity contribution < 1.29 is 14.3 Å². The van der Waals surface area contributed by atoms with Crippen LogP contribution in [0, 0.1) is 0 Å². The molecule has 0 saturated carbocycles. The molecule has 0 bridgehead atoms. The van der Waals surface area contributed by atoms with Crippen molar-refractivity contribution in [2.75, 3.05) is 13.7 Å². The largest absolute Gasteiger partial charge is 0.497 e. The van der Waals surface area contributed by atoms with E-state index in [1.807, 2.05) is 5.38 Å². The van der Waals surface area contributed by atoms with E-state index >= 15 is 0 Å². The van der Waals surface area contributed by atoms with Crippen LogP contribution >= 0.6 is 11.3 Å². The molecule has 0 aliphatic heterocycles. The van der Waals surface area contributed by atoms with Gasteiger partial charge >= 0.3 is 0 Å². The quantitative estimate of drug-likeness (QED) is 0.717. The number of nitrogens with one attached hydrogen (secondary N) is 1. The summed E-state index contributed by atoms with van der Waals surface area (Å²) in [7, 11) is 1.59. The molecule has 2 aromatic rings. The summed E-state index contributed by atoms with van der Waals surface area (Å²) < 4.78 is 5.06. The molecule has 0 saturated heterocycles. The van der Waals surface area contributed by atoms with Gasteiger partial charge in [-0.3, -0.25) is 9.59 Å². The van der Waals surface area contributed by atoms with Crippen molar-refractivity contribution in [3.05, 3.63) is 46.4 Å². The zero-order valence-electron chi connectivity index (χ0n) is 13.1. The summed E-state index contributed by atoms with van der Waals surface area (Å²) in [4.78, 5) is 27.9. The number of nitrogens with zero attached hydrogens (tertiary/aromatic N) is 1. The third-order valence-corrected chi connectivity index (χ3v) is 4.04. The van der Waals surface area contributed by atoms with Crippen molar-refractivity contribution in [1.82, 2.24) is 10.3 Å².